The standard InChI is InChI=1S/C13H28N2O/c1-4-11-5-6-12(9-11)13(15-14)10(2)7-8-16-3/h10-13,15H,4-9,14H2,1-3H3. The Labute approximate surface area is 100 Å². The molecular weight excluding hydrogens is 200 g/mol. The van der Waals surface area contributed by atoms with Gasteiger partial charge in [0, 0.05) is 19.8 Å². The van der Waals surface area contributed by atoms with Gasteiger partial charge in [-0.2, -0.15) is 0 Å². The highest BCUT2D eigenvalue weighted by Crippen LogP contribution is 2.37. The van der Waals surface area contributed by atoms with E-state index in [0.29, 0.717) is 12.0 Å². The van der Waals surface area contributed by atoms with Gasteiger partial charge in [0.05, 0.1) is 0 Å². The smallest absolute Gasteiger partial charge is 0.0465 e. The Balaban J connectivity index is 2.41. The molecule has 0 amide bonds. The van der Waals surface area contributed by atoms with Gasteiger partial charge in [0.2, 0.25) is 0 Å². The Morgan fingerprint density at radius 3 is 2.69 bits per heavy atom. The van der Waals surface area contributed by atoms with Crippen molar-refractivity contribution in [3.63, 3.8) is 0 Å². The van der Waals surface area contributed by atoms with Crippen LogP contribution in [0.25, 0.3) is 0 Å². The Bertz CT molecular complexity index is 187. The summed E-state index contributed by atoms with van der Waals surface area (Å²) in [7, 11) is 1.76. The van der Waals surface area contributed by atoms with Gasteiger partial charge >= 0.3 is 0 Å². The largest absolute Gasteiger partial charge is 0.385 e. The van der Waals surface area contributed by atoms with Crippen LogP contribution in [-0.2, 0) is 4.74 Å². The molecule has 0 spiro atoms. The first-order chi connectivity index (χ1) is 7.72. The van der Waals surface area contributed by atoms with Crippen molar-refractivity contribution in [2.75, 3.05) is 13.7 Å². The lowest BCUT2D eigenvalue weighted by Gasteiger charge is -2.29. The van der Waals surface area contributed by atoms with Crippen molar-refractivity contribution in [1.82, 2.24) is 5.43 Å². The molecule has 1 fully saturated rings. The van der Waals surface area contributed by atoms with E-state index in [2.05, 4.69) is 19.3 Å². The van der Waals surface area contributed by atoms with Crippen molar-refractivity contribution in [2.24, 2.45) is 23.6 Å². The average molecular weight is 228 g/mol. The first kappa shape index (κ1) is 13.9. The van der Waals surface area contributed by atoms with Crippen LogP contribution in [0.4, 0.5) is 0 Å². The molecule has 0 aromatic rings. The highest BCUT2D eigenvalue weighted by atomic mass is 16.5. The maximum absolute atomic E-state index is 5.72. The maximum atomic E-state index is 5.72. The zero-order valence-electron chi connectivity index (χ0n) is 11.0. The number of hydrazine groups is 1. The third kappa shape index (κ3) is 3.72. The molecule has 96 valence electrons. The molecular formula is C13H28N2O. The van der Waals surface area contributed by atoms with Gasteiger partial charge in [-0.15, -0.1) is 0 Å². The molecule has 3 nitrogen and oxygen atoms in total. The quantitative estimate of drug-likeness (QED) is 0.519. The molecule has 16 heavy (non-hydrogen) atoms. The molecule has 0 saturated heterocycles. The monoisotopic (exact) mass is 228 g/mol. The van der Waals surface area contributed by atoms with Gasteiger partial charge in [0.25, 0.3) is 0 Å². The van der Waals surface area contributed by atoms with Crippen LogP contribution < -0.4 is 11.3 Å². The van der Waals surface area contributed by atoms with Gasteiger partial charge < -0.3 is 4.74 Å². The first-order valence-corrected chi connectivity index (χ1v) is 6.67. The molecule has 0 aromatic carbocycles. The molecule has 1 saturated carbocycles. The zero-order valence-corrected chi connectivity index (χ0v) is 11.0. The van der Waals surface area contributed by atoms with Crippen LogP contribution >= 0.6 is 0 Å². The number of methoxy groups -OCH3 is 1. The summed E-state index contributed by atoms with van der Waals surface area (Å²) in [6, 6.07) is 0.465. The lowest BCUT2D eigenvalue weighted by atomic mass is 9.86. The van der Waals surface area contributed by atoms with Crippen LogP contribution in [0.5, 0.6) is 0 Å². The van der Waals surface area contributed by atoms with Gasteiger partial charge in [-0.3, -0.25) is 11.3 Å². The predicted octanol–water partition coefficient (Wildman–Crippen LogP) is 2.32. The highest BCUT2D eigenvalue weighted by Gasteiger charge is 2.32. The molecule has 0 aromatic heterocycles. The van der Waals surface area contributed by atoms with E-state index in [1.165, 1.54) is 25.7 Å². The topological polar surface area (TPSA) is 47.3 Å². The number of hydrogen-bond donors (Lipinski definition) is 2. The van der Waals surface area contributed by atoms with Crippen LogP contribution in [0.2, 0.25) is 0 Å². The number of nitrogens with one attached hydrogen (secondary N) is 1. The fraction of sp³-hybridized carbons (Fsp3) is 1.00. The van der Waals surface area contributed by atoms with Crippen LogP contribution in [0, 0.1) is 17.8 Å². The van der Waals surface area contributed by atoms with E-state index >= 15 is 0 Å². The van der Waals surface area contributed by atoms with Gasteiger partial charge in [0.15, 0.2) is 0 Å². The fourth-order valence-corrected chi connectivity index (χ4v) is 3.06. The summed E-state index contributed by atoms with van der Waals surface area (Å²) in [4.78, 5) is 0. The van der Waals surface area contributed by atoms with Gasteiger partial charge in [-0.05, 0) is 37.0 Å². The molecule has 4 atom stereocenters. The van der Waals surface area contributed by atoms with E-state index in [-0.39, 0.29) is 0 Å². The molecule has 1 rings (SSSR count). The van der Waals surface area contributed by atoms with E-state index in [0.717, 1.165) is 24.9 Å². The number of nitrogens with two attached hydrogens (primary N) is 1. The van der Waals surface area contributed by atoms with Crippen molar-refractivity contribution in [2.45, 2.75) is 52.0 Å². The van der Waals surface area contributed by atoms with Crippen molar-refractivity contribution in [3.05, 3.63) is 0 Å². The summed E-state index contributed by atoms with van der Waals surface area (Å²) in [6.45, 7) is 5.42. The summed E-state index contributed by atoms with van der Waals surface area (Å²) in [6.07, 6.45) is 6.49. The normalized spacial score (nSPS) is 29.2. The SMILES string of the molecule is CCC1CCC(C(NN)C(C)CCOC)C1. The minimum atomic E-state index is 0.465. The minimum Gasteiger partial charge on any atom is -0.385 e. The second-order valence-electron chi connectivity index (χ2n) is 5.30. The molecule has 0 bridgehead atoms. The predicted molar refractivity (Wildman–Crippen MR) is 67.9 cm³/mol. The summed E-state index contributed by atoms with van der Waals surface area (Å²) >= 11 is 0. The minimum absolute atomic E-state index is 0.465. The van der Waals surface area contributed by atoms with E-state index in [4.69, 9.17) is 10.6 Å². The van der Waals surface area contributed by atoms with Crippen molar-refractivity contribution >= 4 is 0 Å². The summed E-state index contributed by atoms with van der Waals surface area (Å²) in [5, 5.41) is 0. The van der Waals surface area contributed by atoms with Crippen molar-refractivity contribution in [1.29, 1.82) is 0 Å². The molecule has 1 aliphatic carbocycles. The molecule has 3 N–H and O–H groups in total. The van der Waals surface area contributed by atoms with Crippen LogP contribution in [0.15, 0.2) is 0 Å². The molecule has 3 heteroatoms. The van der Waals surface area contributed by atoms with Crippen LogP contribution in [0.3, 0.4) is 0 Å². The molecule has 0 aliphatic heterocycles. The van der Waals surface area contributed by atoms with Crippen molar-refractivity contribution in [3.8, 4) is 0 Å². The Morgan fingerprint density at radius 2 is 2.19 bits per heavy atom. The Hall–Kier alpha value is -0.120. The second-order valence-corrected chi connectivity index (χ2v) is 5.30. The Kier molecular flexibility index (Phi) is 6.32. The zero-order chi connectivity index (χ0) is 12.0. The van der Waals surface area contributed by atoms with E-state index < -0.39 is 0 Å². The third-order valence-electron chi connectivity index (χ3n) is 4.25. The van der Waals surface area contributed by atoms with Crippen molar-refractivity contribution < 1.29 is 4.74 Å². The van der Waals surface area contributed by atoms with Crippen LogP contribution in [0.1, 0.15) is 46.0 Å². The summed E-state index contributed by atoms with van der Waals surface area (Å²) in [5.74, 6) is 8.02. The first-order valence-electron chi connectivity index (χ1n) is 6.67. The van der Waals surface area contributed by atoms with Gasteiger partial charge in [-0.25, -0.2) is 0 Å². The molecule has 4 unspecified atom stereocenters. The second kappa shape index (κ2) is 7.25. The summed E-state index contributed by atoms with van der Waals surface area (Å²) < 4.78 is 5.14. The summed E-state index contributed by atoms with van der Waals surface area (Å²) in [5.41, 5.74) is 3.04. The average Bonchev–Trinajstić information content (AvgIpc) is 2.76. The number of ether oxygens (including phenoxy) is 1. The fourth-order valence-electron chi connectivity index (χ4n) is 3.06. The van der Waals surface area contributed by atoms with Crippen LogP contribution in [-0.4, -0.2) is 19.8 Å². The number of hydrogen-bond acceptors (Lipinski definition) is 3. The maximum Gasteiger partial charge on any atom is 0.0465 e. The van der Waals surface area contributed by atoms with Gasteiger partial charge in [0.1, 0.15) is 0 Å². The number of rotatable bonds is 7. The molecule has 0 heterocycles. The Morgan fingerprint density at radius 1 is 1.44 bits per heavy atom. The van der Waals surface area contributed by atoms with E-state index in [1.807, 2.05) is 0 Å². The molecule has 1 aliphatic rings. The third-order valence-corrected chi connectivity index (χ3v) is 4.25. The highest BCUT2D eigenvalue weighted by molar-refractivity contribution is 4.86. The van der Waals surface area contributed by atoms with E-state index in [1.54, 1.807) is 7.11 Å². The van der Waals surface area contributed by atoms with Gasteiger partial charge in [-0.1, -0.05) is 26.7 Å². The molecule has 0 radical (unpaired) electrons. The lowest BCUT2D eigenvalue weighted by molar-refractivity contribution is 0.157. The lowest BCUT2D eigenvalue weighted by Crippen LogP contribution is -2.45. The van der Waals surface area contributed by atoms with E-state index in [9.17, 15) is 0 Å².